The molecule has 3 heteroatoms. The number of aromatic nitrogens is 3. The van der Waals surface area contributed by atoms with Gasteiger partial charge in [-0.25, -0.2) is 4.98 Å². The molecule has 8 rings (SSSR count). The number of rotatable bonds is 2. The topological polar surface area (TPSA) is 30.2 Å². The molecule has 0 aliphatic carbocycles. The highest BCUT2D eigenvalue weighted by molar-refractivity contribution is 6.22. The molecule has 5 aromatic carbocycles. The molecule has 172 valence electrons. The van der Waals surface area contributed by atoms with Crippen LogP contribution in [0.25, 0.3) is 71.5 Å². The average molecular weight is 472 g/mol. The molecule has 0 radical (unpaired) electrons. The Labute approximate surface area is 213 Å². The van der Waals surface area contributed by atoms with E-state index in [1.54, 1.807) is 0 Å². The number of nitrogens with zero attached hydrogens (tertiary/aromatic N) is 3. The number of imidazole rings is 1. The van der Waals surface area contributed by atoms with E-state index in [-0.39, 0.29) is 0 Å². The maximum atomic E-state index is 5.11. The molecule has 0 aliphatic rings. The molecule has 3 aromatic heterocycles. The number of pyridine rings is 2. The summed E-state index contributed by atoms with van der Waals surface area (Å²) < 4.78 is 2.31. The summed E-state index contributed by atoms with van der Waals surface area (Å²) in [5.41, 5.74) is 10.0. The summed E-state index contributed by atoms with van der Waals surface area (Å²) in [7, 11) is 0. The van der Waals surface area contributed by atoms with Gasteiger partial charge >= 0.3 is 0 Å². The first-order chi connectivity index (χ1) is 18.3. The lowest BCUT2D eigenvalue weighted by molar-refractivity contribution is 1.31. The fraction of sp³-hybridized carbons (Fsp3) is 0. The van der Waals surface area contributed by atoms with Crippen LogP contribution in [0.3, 0.4) is 0 Å². The van der Waals surface area contributed by atoms with Crippen LogP contribution in [0.2, 0.25) is 0 Å². The molecule has 0 N–H and O–H groups in total. The molecule has 3 nitrogen and oxygen atoms in total. The van der Waals surface area contributed by atoms with E-state index >= 15 is 0 Å². The Morgan fingerprint density at radius 2 is 1.22 bits per heavy atom. The van der Waals surface area contributed by atoms with Crippen molar-refractivity contribution in [2.45, 2.75) is 0 Å². The Kier molecular flexibility index (Phi) is 4.23. The van der Waals surface area contributed by atoms with Crippen molar-refractivity contribution in [3.63, 3.8) is 0 Å². The lowest BCUT2D eigenvalue weighted by Gasteiger charge is -2.13. The average Bonchev–Trinajstić information content (AvgIpc) is 3.37. The smallest absolute Gasteiger partial charge is 0.148 e. The zero-order valence-corrected chi connectivity index (χ0v) is 20.0. The maximum Gasteiger partial charge on any atom is 0.148 e. The molecule has 0 saturated heterocycles. The van der Waals surface area contributed by atoms with E-state index in [2.05, 4.69) is 120 Å². The summed E-state index contributed by atoms with van der Waals surface area (Å²) in [5.74, 6) is 0. The highest BCUT2D eigenvalue weighted by Gasteiger charge is 2.17. The molecule has 0 spiro atoms. The van der Waals surface area contributed by atoms with Crippen LogP contribution >= 0.6 is 0 Å². The highest BCUT2D eigenvalue weighted by Crippen LogP contribution is 2.37. The number of hydrogen-bond donors (Lipinski definition) is 0. The molecule has 0 amide bonds. The predicted molar refractivity (Wildman–Crippen MR) is 154 cm³/mol. The van der Waals surface area contributed by atoms with Gasteiger partial charge in [0.2, 0.25) is 0 Å². The SMILES string of the molecule is c1ccc(-c2ccc(-c3ccc4c5ccc6cccnc6c5c5nc6ccccc6n5c4c3)cc2)cc1. The Morgan fingerprint density at radius 1 is 0.514 bits per heavy atom. The monoisotopic (exact) mass is 471 g/mol. The van der Waals surface area contributed by atoms with Crippen LogP contribution in [0.5, 0.6) is 0 Å². The van der Waals surface area contributed by atoms with Gasteiger partial charge in [-0.05, 0) is 51.9 Å². The van der Waals surface area contributed by atoms with Crippen LogP contribution in [-0.4, -0.2) is 14.4 Å². The van der Waals surface area contributed by atoms with E-state index in [1.807, 2.05) is 12.3 Å². The van der Waals surface area contributed by atoms with Crippen molar-refractivity contribution in [2.24, 2.45) is 0 Å². The zero-order valence-electron chi connectivity index (χ0n) is 20.0. The first kappa shape index (κ1) is 20.2. The summed E-state index contributed by atoms with van der Waals surface area (Å²) in [6.07, 6.45) is 1.87. The van der Waals surface area contributed by atoms with Crippen LogP contribution in [0.15, 0.2) is 128 Å². The van der Waals surface area contributed by atoms with E-state index < -0.39 is 0 Å². The molecule has 3 heterocycles. The standard InChI is InChI=1S/C34H21N3/c1-2-7-22(8-3-1)23-12-14-24(15-13-23)26-17-18-27-28-19-16-25-9-6-20-35-33(25)32(28)34-36-29-10-4-5-11-30(29)37(34)31(27)21-26/h1-21H. The Hall–Kier alpha value is -5.02. The predicted octanol–water partition coefficient (Wildman–Crippen LogP) is 8.68. The third-order valence-electron chi connectivity index (χ3n) is 7.41. The Balaban J connectivity index is 1.44. The van der Waals surface area contributed by atoms with Crippen molar-refractivity contribution in [1.29, 1.82) is 0 Å². The number of para-hydroxylation sites is 2. The van der Waals surface area contributed by atoms with E-state index in [4.69, 9.17) is 9.97 Å². The van der Waals surface area contributed by atoms with Gasteiger partial charge in [-0.3, -0.25) is 9.38 Å². The van der Waals surface area contributed by atoms with Gasteiger partial charge in [-0.2, -0.15) is 0 Å². The van der Waals surface area contributed by atoms with Crippen molar-refractivity contribution < 1.29 is 0 Å². The normalized spacial score (nSPS) is 11.8. The second kappa shape index (κ2) is 7.74. The lowest BCUT2D eigenvalue weighted by Crippen LogP contribution is -1.94. The van der Waals surface area contributed by atoms with Crippen molar-refractivity contribution in [3.8, 4) is 22.3 Å². The second-order valence-corrected chi connectivity index (χ2v) is 9.50. The summed E-state index contributed by atoms with van der Waals surface area (Å²) in [6.45, 7) is 0. The van der Waals surface area contributed by atoms with Crippen molar-refractivity contribution >= 4 is 49.3 Å². The van der Waals surface area contributed by atoms with Gasteiger partial charge in [-0.1, -0.05) is 97.1 Å². The minimum Gasteiger partial charge on any atom is -0.292 e. The minimum absolute atomic E-state index is 0.949. The van der Waals surface area contributed by atoms with Gasteiger partial charge in [0, 0.05) is 17.0 Å². The lowest BCUT2D eigenvalue weighted by atomic mass is 9.97. The third-order valence-corrected chi connectivity index (χ3v) is 7.41. The van der Waals surface area contributed by atoms with Gasteiger partial charge < -0.3 is 0 Å². The molecule has 0 aliphatic heterocycles. The van der Waals surface area contributed by atoms with E-state index in [0.29, 0.717) is 0 Å². The zero-order chi connectivity index (χ0) is 24.3. The molecule has 0 fully saturated rings. The summed E-state index contributed by atoms with van der Waals surface area (Å²) in [5, 5.41) is 4.60. The molecule has 0 saturated carbocycles. The van der Waals surface area contributed by atoms with E-state index in [9.17, 15) is 0 Å². The molecule has 37 heavy (non-hydrogen) atoms. The summed E-state index contributed by atoms with van der Waals surface area (Å²) in [6, 6.07) is 43.0. The molecule has 0 atom stereocenters. The molecule has 0 unspecified atom stereocenters. The first-order valence-corrected chi connectivity index (χ1v) is 12.5. The number of benzene rings is 5. The largest absolute Gasteiger partial charge is 0.292 e. The quantitative estimate of drug-likeness (QED) is 0.236. The van der Waals surface area contributed by atoms with E-state index in [1.165, 1.54) is 33.0 Å². The Morgan fingerprint density at radius 3 is 2.08 bits per heavy atom. The highest BCUT2D eigenvalue weighted by atomic mass is 15.0. The summed E-state index contributed by atoms with van der Waals surface area (Å²) in [4.78, 5) is 9.90. The van der Waals surface area contributed by atoms with Crippen molar-refractivity contribution in [2.75, 3.05) is 0 Å². The number of hydrogen-bond acceptors (Lipinski definition) is 2. The fourth-order valence-corrected chi connectivity index (χ4v) is 5.64. The number of fused-ring (bicyclic) bond motifs is 10. The van der Waals surface area contributed by atoms with Gasteiger partial charge in [0.1, 0.15) is 5.65 Å². The van der Waals surface area contributed by atoms with E-state index in [0.717, 1.165) is 38.5 Å². The Bertz CT molecular complexity index is 2120. The molecule has 8 aromatic rings. The van der Waals surface area contributed by atoms with Crippen LogP contribution in [0.1, 0.15) is 0 Å². The fourth-order valence-electron chi connectivity index (χ4n) is 5.64. The second-order valence-electron chi connectivity index (χ2n) is 9.50. The van der Waals surface area contributed by atoms with Crippen LogP contribution in [-0.2, 0) is 0 Å². The van der Waals surface area contributed by atoms with Gasteiger partial charge in [0.25, 0.3) is 0 Å². The first-order valence-electron chi connectivity index (χ1n) is 12.5. The minimum atomic E-state index is 0.949. The van der Waals surface area contributed by atoms with Gasteiger partial charge in [-0.15, -0.1) is 0 Å². The summed E-state index contributed by atoms with van der Waals surface area (Å²) >= 11 is 0. The third kappa shape index (κ3) is 3.01. The van der Waals surface area contributed by atoms with Gasteiger partial charge in [0.05, 0.1) is 27.5 Å². The maximum absolute atomic E-state index is 5.11. The van der Waals surface area contributed by atoms with Crippen molar-refractivity contribution in [3.05, 3.63) is 128 Å². The van der Waals surface area contributed by atoms with Crippen LogP contribution in [0, 0.1) is 0 Å². The molecular formula is C34H21N3. The molecule has 0 bridgehead atoms. The van der Waals surface area contributed by atoms with Crippen LogP contribution < -0.4 is 0 Å². The molecular weight excluding hydrogens is 450 g/mol. The van der Waals surface area contributed by atoms with Crippen molar-refractivity contribution in [1.82, 2.24) is 14.4 Å². The van der Waals surface area contributed by atoms with Crippen LogP contribution in [0.4, 0.5) is 0 Å². The van der Waals surface area contributed by atoms with Gasteiger partial charge in [0.15, 0.2) is 0 Å².